The molecule has 0 aromatic rings. The summed E-state index contributed by atoms with van der Waals surface area (Å²) in [6.07, 6.45) is 0.333. The zero-order valence-corrected chi connectivity index (χ0v) is 9.58. The SMILES string of the molecule is CC(CC(N)=O)NC1COC(C)(C)OC1. The third kappa shape index (κ3) is 4.59. The largest absolute Gasteiger partial charge is 0.370 e. The van der Waals surface area contributed by atoms with E-state index >= 15 is 0 Å². The molecule has 0 aliphatic carbocycles. The fourth-order valence-electron chi connectivity index (χ4n) is 1.55. The predicted octanol–water partition coefficient (Wildman–Crippen LogP) is -0.00860. The first-order chi connectivity index (χ1) is 6.89. The van der Waals surface area contributed by atoms with E-state index in [1.54, 1.807) is 0 Å². The molecule has 1 unspecified atom stereocenters. The van der Waals surface area contributed by atoms with Crippen molar-refractivity contribution in [3.8, 4) is 0 Å². The summed E-state index contributed by atoms with van der Waals surface area (Å²) in [6, 6.07) is 0.188. The standard InChI is InChI=1S/C10H20N2O3/c1-7(4-9(11)13)12-8-5-14-10(2,3)15-6-8/h7-8,12H,4-6H2,1-3H3,(H2,11,13). The van der Waals surface area contributed by atoms with Crippen molar-refractivity contribution in [2.45, 2.75) is 45.1 Å². The van der Waals surface area contributed by atoms with Crippen molar-refractivity contribution in [2.75, 3.05) is 13.2 Å². The summed E-state index contributed by atoms with van der Waals surface area (Å²) in [7, 11) is 0. The molecule has 1 saturated heterocycles. The summed E-state index contributed by atoms with van der Waals surface area (Å²) in [5.41, 5.74) is 5.10. The van der Waals surface area contributed by atoms with Gasteiger partial charge in [-0.2, -0.15) is 0 Å². The van der Waals surface area contributed by atoms with Crippen LogP contribution < -0.4 is 11.1 Å². The van der Waals surface area contributed by atoms with Gasteiger partial charge in [0.15, 0.2) is 5.79 Å². The zero-order valence-electron chi connectivity index (χ0n) is 9.58. The quantitative estimate of drug-likeness (QED) is 0.693. The Labute approximate surface area is 90.3 Å². The summed E-state index contributed by atoms with van der Waals surface area (Å²) < 4.78 is 11.0. The highest BCUT2D eigenvalue weighted by molar-refractivity contribution is 5.74. The monoisotopic (exact) mass is 216 g/mol. The smallest absolute Gasteiger partial charge is 0.218 e. The van der Waals surface area contributed by atoms with Crippen LogP contribution in [-0.2, 0) is 14.3 Å². The lowest BCUT2D eigenvalue weighted by Gasteiger charge is -2.36. The molecule has 15 heavy (non-hydrogen) atoms. The normalized spacial score (nSPS) is 23.7. The lowest BCUT2D eigenvalue weighted by atomic mass is 10.2. The maximum Gasteiger partial charge on any atom is 0.218 e. The van der Waals surface area contributed by atoms with Gasteiger partial charge in [-0.15, -0.1) is 0 Å². The number of carbonyl (C=O) groups excluding carboxylic acids is 1. The van der Waals surface area contributed by atoms with Crippen LogP contribution in [0.25, 0.3) is 0 Å². The molecular formula is C10H20N2O3. The summed E-state index contributed by atoms with van der Waals surface area (Å²) >= 11 is 0. The number of hydrogen-bond acceptors (Lipinski definition) is 4. The molecule has 1 fully saturated rings. The Hall–Kier alpha value is -0.650. The highest BCUT2D eigenvalue weighted by Crippen LogP contribution is 2.17. The first kappa shape index (κ1) is 12.4. The van der Waals surface area contributed by atoms with Gasteiger partial charge in [0.05, 0.1) is 19.3 Å². The molecule has 1 aliphatic rings. The summed E-state index contributed by atoms with van der Waals surface area (Å²) in [5, 5.41) is 3.24. The molecule has 1 aliphatic heterocycles. The number of ether oxygens (including phenoxy) is 2. The van der Waals surface area contributed by atoms with E-state index in [2.05, 4.69) is 5.32 Å². The van der Waals surface area contributed by atoms with Crippen molar-refractivity contribution in [3.63, 3.8) is 0 Å². The Bertz CT molecular complexity index is 221. The van der Waals surface area contributed by atoms with Crippen LogP contribution in [0.1, 0.15) is 27.2 Å². The molecule has 0 saturated carbocycles. The van der Waals surface area contributed by atoms with Crippen LogP contribution >= 0.6 is 0 Å². The molecule has 1 atom stereocenters. The van der Waals surface area contributed by atoms with E-state index in [9.17, 15) is 4.79 Å². The van der Waals surface area contributed by atoms with Crippen LogP contribution in [0.3, 0.4) is 0 Å². The van der Waals surface area contributed by atoms with Gasteiger partial charge in [-0.05, 0) is 20.8 Å². The number of amides is 1. The van der Waals surface area contributed by atoms with Gasteiger partial charge in [0, 0.05) is 12.5 Å². The Morgan fingerprint density at radius 3 is 2.53 bits per heavy atom. The minimum absolute atomic E-state index is 0.0564. The van der Waals surface area contributed by atoms with Crippen molar-refractivity contribution in [3.05, 3.63) is 0 Å². The van der Waals surface area contributed by atoms with E-state index in [0.29, 0.717) is 19.6 Å². The molecule has 1 rings (SSSR count). The van der Waals surface area contributed by atoms with E-state index < -0.39 is 5.79 Å². The molecule has 1 heterocycles. The van der Waals surface area contributed by atoms with Crippen molar-refractivity contribution in [2.24, 2.45) is 5.73 Å². The molecule has 0 bridgehead atoms. The molecule has 88 valence electrons. The van der Waals surface area contributed by atoms with Crippen LogP contribution in [-0.4, -0.2) is 37.0 Å². The molecule has 0 aromatic carbocycles. The minimum Gasteiger partial charge on any atom is -0.370 e. The Balaban J connectivity index is 2.26. The topological polar surface area (TPSA) is 73.6 Å². The van der Waals surface area contributed by atoms with Gasteiger partial charge >= 0.3 is 0 Å². The van der Waals surface area contributed by atoms with Gasteiger partial charge in [0.2, 0.25) is 5.91 Å². The minimum atomic E-state index is -0.495. The molecule has 1 amide bonds. The van der Waals surface area contributed by atoms with E-state index in [-0.39, 0.29) is 18.0 Å². The fourth-order valence-corrected chi connectivity index (χ4v) is 1.55. The Morgan fingerprint density at radius 1 is 1.53 bits per heavy atom. The van der Waals surface area contributed by atoms with Crippen LogP contribution in [0.5, 0.6) is 0 Å². The van der Waals surface area contributed by atoms with Gasteiger partial charge < -0.3 is 20.5 Å². The Kier molecular flexibility index (Phi) is 4.07. The average molecular weight is 216 g/mol. The third-order valence-electron chi connectivity index (χ3n) is 2.29. The van der Waals surface area contributed by atoms with Gasteiger partial charge in [0.25, 0.3) is 0 Å². The predicted molar refractivity (Wildman–Crippen MR) is 56.2 cm³/mol. The molecular weight excluding hydrogens is 196 g/mol. The second-order valence-corrected chi connectivity index (χ2v) is 4.46. The first-order valence-corrected chi connectivity index (χ1v) is 5.21. The van der Waals surface area contributed by atoms with Gasteiger partial charge in [0.1, 0.15) is 0 Å². The summed E-state index contributed by atoms with van der Waals surface area (Å²) in [4.78, 5) is 10.7. The summed E-state index contributed by atoms with van der Waals surface area (Å²) in [5.74, 6) is -0.793. The molecule has 5 nitrogen and oxygen atoms in total. The molecule has 5 heteroatoms. The molecule has 0 spiro atoms. The number of hydrogen-bond donors (Lipinski definition) is 2. The van der Waals surface area contributed by atoms with Gasteiger partial charge in [-0.1, -0.05) is 0 Å². The second kappa shape index (κ2) is 4.92. The van der Waals surface area contributed by atoms with Crippen molar-refractivity contribution in [1.29, 1.82) is 0 Å². The third-order valence-corrected chi connectivity index (χ3v) is 2.29. The highest BCUT2D eigenvalue weighted by atomic mass is 16.7. The summed E-state index contributed by atoms with van der Waals surface area (Å²) in [6.45, 7) is 6.88. The van der Waals surface area contributed by atoms with Crippen molar-refractivity contribution >= 4 is 5.91 Å². The zero-order chi connectivity index (χ0) is 11.5. The number of nitrogens with two attached hydrogens (primary N) is 1. The van der Waals surface area contributed by atoms with Crippen LogP contribution in [0.2, 0.25) is 0 Å². The van der Waals surface area contributed by atoms with Crippen LogP contribution in [0, 0.1) is 0 Å². The lowest BCUT2D eigenvalue weighted by molar-refractivity contribution is -0.253. The van der Waals surface area contributed by atoms with Crippen molar-refractivity contribution in [1.82, 2.24) is 5.32 Å². The number of nitrogens with one attached hydrogen (secondary N) is 1. The number of carbonyl (C=O) groups is 1. The van der Waals surface area contributed by atoms with E-state index in [1.807, 2.05) is 20.8 Å². The second-order valence-electron chi connectivity index (χ2n) is 4.46. The fraction of sp³-hybridized carbons (Fsp3) is 0.900. The maximum atomic E-state index is 10.7. The van der Waals surface area contributed by atoms with Gasteiger partial charge in [-0.3, -0.25) is 4.79 Å². The first-order valence-electron chi connectivity index (χ1n) is 5.21. The van der Waals surface area contributed by atoms with Crippen LogP contribution in [0.4, 0.5) is 0 Å². The van der Waals surface area contributed by atoms with Crippen molar-refractivity contribution < 1.29 is 14.3 Å². The number of rotatable bonds is 4. The lowest BCUT2D eigenvalue weighted by Crippen LogP contribution is -2.51. The molecule has 3 N–H and O–H groups in total. The Morgan fingerprint density at radius 2 is 2.07 bits per heavy atom. The van der Waals surface area contributed by atoms with Crippen LogP contribution in [0.15, 0.2) is 0 Å². The van der Waals surface area contributed by atoms with E-state index in [0.717, 1.165) is 0 Å². The maximum absolute atomic E-state index is 10.7. The molecule has 0 radical (unpaired) electrons. The van der Waals surface area contributed by atoms with E-state index in [4.69, 9.17) is 15.2 Å². The number of primary amides is 1. The average Bonchev–Trinajstić information content (AvgIpc) is 2.07. The highest BCUT2D eigenvalue weighted by Gasteiger charge is 2.28. The van der Waals surface area contributed by atoms with E-state index in [1.165, 1.54) is 0 Å². The molecule has 0 aromatic heterocycles. The van der Waals surface area contributed by atoms with Gasteiger partial charge in [-0.25, -0.2) is 0 Å².